The van der Waals surface area contributed by atoms with Crippen molar-refractivity contribution < 1.29 is 14.3 Å². The number of anilines is 1. The van der Waals surface area contributed by atoms with Crippen LogP contribution in [0.5, 0.6) is 5.75 Å². The largest absolute Gasteiger partial charge is 0.495 e. The lowest BCUT2D eigenvalue weighted by Gasteiger charge is -2.10. The summed E-state index contributed by atoms with van der Waals surface area (Å²) < 4.78 is 5.13. The quantitative estimate of drug-likeness (QED) is 0.622. The lowest BCUT2D eigenvalue weighted by molar-refractivity contribution is -0.118. The van der Waals surface area contributed by atoms with Crippen LogP contribution in [0, 0.1) is 0 Å². The van der Waals surface area contributed by atoms with Crippen molar-refractivity contribution in [1.29, 1.82) is 0 Å². The van der Waals surface area contributed by atoms with E-state index in [9.17, 15) is 9.59 Å². The Kier molecular flexibility index (Phi) is 6.38. The highest BCUT2D eigenvalue weighted by atomic mass is 16.5. The Hall–Kier alpha value is -2.08. The van der Waals surface area contributed by atoms with Gasteiger partial charge in [0.2, 0.25) is 11.8 Å². The minimum atomic E-state index is -0.160. The zero-order valence-electron chi connectivity index (χ0n) is 11.2. The Labute approximate surface area is 112 Å². The van der Waals surface area contributed by atoms with E-state index in [0.717, 1.165) is 0 Å². The molecule has 1 rings (SSSR count). The summed E-state index contributed by atoms with van der Waals surface area (Å²) >= 11 is 0. The summed E-state index contributed by atoms with van der Waals surface area (Å²) in [5.74, 6) is 0.377. The van der Waals surface area contributed by atoms with Crippen molar-refractivity contribution in [1.82, 2.24) is 10.6 Å². The lowest BCUT2D eigenvalue weighted by Crippen LogP contribution is -2.34. The first-order chi connectivity index (χ1) is 9.13. The lowest BCUT2D eigenvalue weighted by atomic mass is 10.3. The summed E-state index contributed by atoms with van der Waals surface area (Å²) in [5, 5.41) is 8.31. The molecule has 3 N–H and O–H groups in total. The van der Waals surface area contributed by atoms with E-state index in [2.05, 4.69) is 16.0 Å². The molecule has 0 aliphatic heterocycles. The summed E-state index contributed by atoms with van der Waals surface area (Å²) in [4.78, 5) is 22.3. The van der Waals surface area contributed by atoms with Gasteiger partial charge in [0.25, 0.3) is 0 Å². The predicted molar refractivity (Wildman–Crippen MR) is 73.2 cm³/mol. The van der Waals surface area contributed by atoms with E-state index in [1.165, 1.54) is 6.92 Å². The average Bonchev–Trinajstić information content (AvgIpc) is 2.38. The van der Waals surface area contributed by atoms with E-state index in [0.29, 0.717) is 24.5 Å². The molecule has 2 amide bonds. The van der Waals surface area contributed by atoms with E-state index in [1.807, 2.05) is 12.1 Å². The van der Waals surface area contributed by atoms with Crippen LogP contribution in [0.15, 0.2) is 24.3 Å². The van der Waals surface area contributed by atoms with Gasteiger partial charge in [0.1, 0.15) is 5.75 Å². The average molecular weight is 265 g/mol. The molecule has 0 aromatic heterocycles. The Morgan fingerprint density at radius 2 is 1.95 bits per heavy atom. The number of rotatable bonds is 7. The van der Waals surface area contributed by atoms with Crippen LogP contribution in [0.2, 0.25) is 0 Å². The van der Waals surface area contributed by atoms with E-state index in [-0.39, 0.29) is 18.4 Å². The minimum absolute atomic E-state index is 0.0831. The van der Waals surface area contributed by atoms with Crippen LogP contribution in [-0.4, -0.2) is 38.6 Å². The number of carbonyl (C=O) groups excluding carboxylic acids is 2. The van der Waals surface area contributed by atoms with Gasteiger partial charge in [-0.3, -0.25) is 9.59 Å². The van der Waals surface area contributed by atoms with Crippen molar-refractivity contribution in [3.8, 4) is 5.75 Å². The number of amides is 2. The van der Waals surface area contributed by atoms with Crippen LogP contribution < -0.4 is 20.7 Å². The molecule has 0 spiro atoms. The van der Waals surface area contributed by atoms with Crippen molar-refractivity contribution in [2.24, 2.45) is 0 Å². The fraction of sp³-hybridized carbons (Fsp3) is 0.385. The normalized spacial score (nSPS) is 9.79. The molecule has 104 valence electrons. The van der Waals surface area contributed by atoms with Crippen molar-refractivity contribution in [2.75, 3.05) is 32.1 Å². The van der Waals surface area contributed by atoms with Crippen molar-refractivity contribution in [3.63, 3.8) is 0 Å². The number of nitrogens with one attached hydrogen (secondary N) is 3. The van der Waals surface area contributed by atoms with Crippen LogP contribution >= 0.6 is 0 Å². The molecular weight excluding hydrogens is 246 g/mol. The molecule has 0 fully saturated rings. The van der Waals surface area contributed by atoms with Gasteiger partial charge in [-0.1, -0.05) is 12.1 Å². The highest BCUT2D eigenvalue weighted by molar-refractivity contribution is 5.93. The molecule has 19 heavy (non-hydrogen) atoms. The second-order valence-corrected chi connectivity index (χ2v) is 3.91. The highest BCUT2D eigenvalue weighted by Crippen LogP contribution is 2.22. The van der Waals surface area contributed by atoms with Gasteiger partial charge < -0.3 is 20.7 Å². The topological polar surface area (TPSA) is 79.5 Å². The standard InChI is InChI=1S/C13H19N3O3/c1-10(17)15-8-7-14-9-13(18)16-11-5-3-4-6-12(11)19-2/h3-6,14H,7-9H2,1-2H3,(H,15,17)(H,16,18). The van der Waals surface area contributed by atoms with Crippen LogP contribution in [0.1, 0.15) is 6.92 Å². The van der Waals surface area contributed by atoms with Gasteiger partial charge >= 0.3 is 0 Å². The summed E-state index contributed by atoms with van der Waals surface area (Å²) in [6.45, 7) is 2.67. The fourth-order valence-corrected chi connectivity index (χ4v) is 1.47. The Morgan fingerprint density at radius 3 is 2.63 bits per heavy atom. The first-order valence-corrected chi connectivity index (χ1v) is 6.01. The molecule has 0 saturated heterocycles. The van der Waals surface area contributed by atoms with Crippen molar-refractivity contribution in [2.45, 2.75) is 6.92 Å². The smallest absolute Gasteiger partial charge is 0.238 e. The van der Waals surface area contributed by atoms with Gasteiger partial charge in [-0.15, -0.1) is 0 Å². The van der Waals surface area contributed by atoms with Gasteiger partial charge in [0.15, 0.2) is 0 Å². The maximum Gasteiger partial charge on any atom is 0.238 e. The van der Waals surface area contributed by atoms with Gasteiger partial charge in [-0.2, -0.15) is 0 Å². The monoisotopic (exact) mass is 265 g/mol. The zero-order chi connectivity index (χ0) is 14.1. The number of hydrogen-bond donors (Lipinski definition) is 3. The van der Waals surface area contributed by atoms with Crippen molar-refractivity contribution in [3.05, 3.63) is 24.3 Å². The maximum absolute atomic E-state index is 11.7. The Morgan fingerprint density at radius 1 is 1.21 bits per heavy atom. The first kappa shape index (κ1) is 15.0. The van der Waals surface area contributed by atoms with Gasteiger partial charge in [-0.25, -0.2) is 0 Å². The molecule has 0 heterocycles. The molecular formula is C13H19N3O3. The molecule has 0 aliphatic rings. The predicted octanol–water partition coefficient (Wildman–Crippen LogP) is 0.359. The van der Waals surface area contributed by atoms with E-state index >= 15 is 0 Å². The Bertz CT molecular complexity index is 435. The molecule has 0 bridgehead atoms. The third-order valence-electron chi connectivity index (χ3n) is 2.34. The molecule has 1 aromatic carbocycles. The van der Waals surface area contributed by atoms with Gasteiger partial charge in [0, 0.05) is 20.0 Å². The van der Waals surface area contributed by atoms with Crippen LogP contribution in [0.4, 0.5) is 5.69 Å². The van der Waals surface area contributed by atoms with E-state index < -0.39 is 0 Å². The first-order valence-electron chi connectivity index (χ1n) is 6.01. The molecule has 0 unspecified atom stereocenters. The highest BCUT2D eigenvalue weighted by Gasteiger charge is 2.05. The number of hydrogen-bond acceptors (Lipinski definition) is 4. The second-order valence-electron chi connectivity index (χ2n) is 3.91. The summed E-state index contributed by atoms with van der Waals surface area (Å²) in [7, 11) is 1.55. The summed E-state index contributed by atoms with van der Waals surface area (Å²) in [6, 6.07) is 7.20. The number of carbonyl (C=O) groups is 2. The molecule has 6 nitrogen and oxygen atoms in total. The molecule has 0 atom stereocenters. The van der Waals surface area contributed by atoms with Crippen LogP contribution in [-0.2, 0) is 9.59 Å². The maximum atomic E-state index is 11.7. The summed E-state index contributed by atoms with van der Waals surface area (Å²) in [5.41, 5.74) is 0.638. The Balaban J connectivity index is 2.29. The van der Waals surface area contributed by atoms with Crippen LogP contribution in [0.3, 0.4) is 0 Å². The van der Waals surface area contributed by atoms with E-state index in [4.69, 9.17) is 4.74 Å². The van der Waals surface area contributed by atoms with Crippen LogP contribution in [0.25, 0.3) is 0 Å². The van der Waals surface area contributed by atoms with Gasteiger partial charge in [0.05, 0.1) is 19.3 Å². The van der Waals surface area contributed by atoms with Gasteiger partial charge in [-0.05, 0) is 12.1 Å². The number of ether oxygens (including phenoxy) is 1. The van der Waals surface area contributed by atoms with E-state index in [1.54, 1.807) is 19.2 Å². The molecule has 0 radical (unpaired) electrons. The van der Waals surface area contributed by atoms with Crippen molar-refractivity contribution >= 4 is 17.5 Å². The number of para-hydroxylation sites is 2. The summed E-state index contributed by atoms with van der Waals surface area (Å²) in [6.07, 6.45) is 0. The molecule has 6 heteroatoms. The molecule has 1 aromatic rings. The number of methoxy groups -OCH3 is 1. The SMILES string of the molecule is COc1ccccc1NC(=O)CNCCNC(C)=O. The molecule has 0 saturated carbocycles. The fourth-order valence-electron chi connectivity index (χ4n) is 1.47. The third-order valence-corrected chi connectivity index (χ3v) is 2.34. The second kappa shape index (κ2) is 8.10. The zero-order valence-corrected chi connectivity index (χ0v) is 11.2. The minimum Gasteiger partial charge on any atom is -0.495 e. The molecule has 0 aliphatic carbocycles. The third kappa shape index (κ3) is 5.87. The number of benzene rings is 1.